The fourth-order valence-electron chi connectivity index (χ4n) is 3.75. The van der Waals surface area contributed by atoms with E-state index < -0.39 is 6.04 Å². The minimum absolute atomic E-state index is 0.0698. The first-order valence-corrected chi connectivity index (χ1v) is 9.87. The molecule has 1 saturated heterocycles. The SMILES string of the molecule is CCC(CNC(=O)C(c1ccccc1)N1CCCCC1=O)c1ccccc1. The third kappa shape index (κ3) is 4.76. The second-order valence-electron chi connectivity index (χ2n) is 7.12. The van der Waals surface area contributed by atoms with Crippen molar-refractivity contribution in [1.29, 1.82) is 0 Å². The molecule has 2 aromatic rings. The van der Waals surface area contributed by atoms with Gasteiger partial charge in [-0.25, -0.2) is 0 Å². The summed E-state index contributed by atoms with van der Waals surface area (Å²) in [5, 5.41) is 3.12. The maximum atomic E-state index is 13.1. The summed E-state index contributed by atoms with van der Waals surface area (Å²) >= 11 is 0. The highest BCUT2D eigenvalue weighted by molar-refractivity contribution is 5.89. The molecule has 0 spiro atoms. The van der Waals surface area contributed by atoms with Gasteiger partial charge in [0.05, 0.1) is 0 Å². The standard InChI is InChI=1S/C23H28N2O2/c1-2-18(19-11-5-3-6-12-19)17-24-23(27)22(20-13-7-4-8-14-20)25-16-10-9-15-21(25)26/h3-8,11-14,18,22H,2,9-10,15-17H2,1H3,(H,24,27). The molecule has 3 rings (SSSR count). The summed E-state index contributed by atoms with van der Waals surface area (Å²) in [4.78, 5) is 27.4. The Morgan fingerprint density at radius 3 is 2.22 bits per heavy atom. The number of hydrogen-bond donors (Lipinski definition) is 1. The first-order valence-electron chi connectivity index (χ1n) is 9.87. The molecule has 142 valence electrons. The Balaban J connectivity index is 1.75. The van der Waals surface area contributed by atoms with Crippen LogP contribution in [0.1, 0.15) is 55.7 Å². The van der Waals surface area contributed by atoms with Gasteiger partial charge >= 0.3 is 0 Å². The van der Waals surface area contributed by atoms with Gasteiger partial charge < -0.3 is 10.2 Å². The van der Waals surface area contributed by atoms with E-state index in [1.54, 1.807) is 4.90 Å². The van der Waals surface area contributed by atoms with Gasteiger partial charge in [0, 0.05) is 25.4 Å². The van der Waals surface area contributed by atoms with Gasteiger partial charge in [-0.05, 0) is 30.4 Å². The van der Waals surface area contributed by atoms with Crippen molar-refractivity contribution in [2.24, 2.45) is 0 Å². The molecule has 0 saturated carbocycles. The fourth-order valence-corrected chi connectivity index (χ4v) is 3.75. The van der Waals surface area contributed by atoms with Gasteiger partial charge in [-0.3, -0.25) is 9.59 Å². The molecule has 4 heteroatoms. The molecule has 2 atom stereocenters. The highest BCUT2D eigenvalue weighted by Crippen LogP contribution is 2.26. The van der Waals surface area contributed by atoms with E-state index in [0.717, 1.165) is 24.8 Å². The maximum Gasteiger partial charge on any atom is 0.247 e. The van der Waals surface area contributed by atoms with Crippen LogP contribution in [0.25, 0.3) is 0 Å². The molecule has 2 aromatic carbocycles. The van der Waals surface area contributed by atoms with Crippen molar-refractivity contribution in [3.63, 3.8) is 0 Å². The Kier molecular flexibility index (Phi) is 6.64. The van der Waals surface area contributed by atoms with Gasteiger partial charge in [0.15, 0.2) is 0 Å². The Morgan fingerprint density at radius 2 is 1.63 bits per heavy atom. The zero-order valence-corrected chi connectivity index (χ0v) is 15.9. The third-order valence-corrected chi connectivity index (χ3v) is 5.32. The van der Waals surface area contributed by atoms with E-state index in [1.807, 2.05) is 48.5 Å². The fraction of sp³-hybridized carbons (Fsp3) is 0.391. The molecule has 0 radical (unpaired) electrons. The summed E-state index contributed by atoms with van der Waals surface area (Å²) < 4.78 is 0. The summed E-state index contributed by atoms with van der Waals surface area (Å²) in [6.45, 7) is 3.35. The van der Waals surface area contributed by atoms with Crippen LogP contribution in [0.15, 0.2) is 60.7 Å². The monoisotopic (exact) mass is 364 g/mol. The van der Waals surface area contributed by atoms with Crippen molar-refractivity contribution in [2.75, 3.05) is 13.1 Å². The lowest BCUT2D eigenvalue weighted by molar-refractivity contribution is -0.142. The van der Waals surface area contributed by atoms with E-state index in [9.17, 15) is 9.59 Å². The van der Waals surface area contributed by atoms with Gasteiger partial charge in [-0.1, -0.05) is 67.6 Å². The zero-order chi connectivity index (χ0) is 19.1. The Labute approximate surface area is 161 Å². The lowest BCUT2D eigenvalue weighted by atomic mass is 9.96. The summed E-state index contributed by atoms with van der Waals surface area (Å²) in [5.41, 5.74) is 2.10. The summed E-state index contributed by atoms with van der Waals surface area (Å²) in [7, 11) is 0. The van der Waals surface area contributed by atoms with Crippen LogP contribution in [0.2, 0.25) is 0 Å². The maximum absolute atomic E-state index is 13.1. The Morgan fingerprint density at radius 1 is 1.00 bits per heavy atom. The number of nitrogens with one attached hydrogen (secondary N) is 1. The molecule has 0 aromatic heterocycles. The van der Waals surface area contributed by atoms with Crippen LogP contribution < -0.4 is 5.32 Å². The minimum atomic E-state index is -0.549. The van der Waals surface area contributed by atoms with E-state index in [-0.39, 0.29) is 17.7 Å². The number of amides is 2. The van der Waals surface area contributed by atoms with Crippen molar-refractivity contribution in [1.82, 2.24) is 10.2 Å². The third-order valence-electron chi connectivity index (χ3n) is 5.32. The molecular formula is C23H28N2O2. The lowest BCUT2D eigenvalue weighted by Crippen LogP contribution is -2.46. The van der Waals surface area contributed by atoms with Crippen LogP contribution in [0.5, 0.6) is 0 Å². The van der Waals surface area contributed by atoms with Crippen LogP contribution in [-0.2, 0) is 9.59 Å². The first kappa shape index (κ1) is 19.2. The van der Waals surface area contributed by atoms with Gasteiger partial charge in [0.2, 0.25) is 11.8 Å². The molecule has 1 fully saturated rings. The van der Waals surface area contributed by atoms with Crippen molar-refractivity contribution in [3.8, 4) is 0 Å². The van der Waals surface area contributed by atoms with E-state index in [4.69, 9.17) is 0 Å². The normalized spacial score (nSPS) is 16.6. The molecule has 1 N–H and O–H groups in total. The van der Waals surface area contributed by atoms with E-state index in [1.165, 1.54) is 5.56 Å². The van der Waals surface area contributed by atoms with E-state index in [0.29, 0.717) is 19.5 Å². The molecule has 0 aliphatic carbocycles. The molecule has 4 nitrogen and oxygen atoms in total. The number of likely N-dealkylation sites (tertiary alicyclic amines) is 1. The molecule has 0 bridgehead atoms. The van der Waals surface area contributed by atoms with Gasteiger partial charge in [0.25, 0.3) is 0 Å². The van der Waals surface area contributed by atoms with E-state index in [2.05, 4.69) is 24.4 Å². The number of rotatable bonds is 7. The quantitative estimate of drug-likeness (QED) is 0.806. The lowest BCUT2D eigenvalue weighted by Gasteiger charge is -2.34. The van der Waals surface area contributed by atoms with Crippen molar-refractivity contribution in [3.05, 3.63) is 71.8 Å². The molecule has 1 aliphatic heterocycles. The summed E-state index contributed by atoms with van der Waals surface area (Å²) in [5.74, 6) is 0.245. The predicted molar refractivity (Wildman–Crippen MR) is 107 cm³/mol. The van der Waals surface area contributed by atoms with Gasteiger partial charge in [-0.2, -0.15) is 0 Å². The topological polar surface area (TPSA) is 49.4 Å². The number of carbonyl (C=O) groups is 2. The van der Waals surface area contributed by atoms with Crippen molar-refractivity contribution < 1.29 is 9.59 Å². The summed E-state index contributed by atoms with van der Waals surface area (Å²) in [6.07, 6.45) is 3.33. The van der Waals surface area contributed by atoms with Crippen LogP contribution in [0.4, 0.5) is 0 Å². The van der Waals surface area contributed by atoms with Crippen LogP contribution >= 0.6 is 0 Å². The Bertz CT molecular complexity index is 745. The highest BCUT2D eigenvalue weighted by atomic mass is 16.2. The van der Waals surface area contributed by atoms with Gasteiger partial charge in [-0.15, -0.1) is 0 Å². The molecule has 2 amide bonds. The largest absolute Gasteiger partial charge is 0.353 e. The number of nitrogens with zero attached hydrogens (tertiary/aromatic N) is 1. The van der Waals surface area contributed by atoms with Crippen molar-refractivity contribution >= 4 is 11.8 Å². The zero-order valence-electron chi connectivity index (χ0n) is 15.9. The second kappa shape index (κ2) is 9.36. The average Bonchev–Trinajstić information content (AvgIpc) is 2.72. The first-order chi connectivity index (χ1) is 13.2. The average molecular weight is 364 g/mol. The van der Waals surface area contributed by atoms with Gasteiger partial charge in [0.1, 0.15) is 6.04 Å². The molecule has 27 heavy (non-hydrogen) atoms. The van der Waals surface area contributed by atoms with Crippen molar-refractivity contribution in [2.45, 2.75) is 44.6 Å². The van der Waals surface area contributed by atoms with Crippen LogP contribution in [-0.4, -0.2) is 29.8 Å². The number of benzene rings is 2. The predicted octanol–water partition coefficient (Wildman–Crippen LogP) is 4.05. The molecule has 1 heterocycles. The highest BCUT2D eigenvalue weighted by Gasteiger charge is 2.32. The van der Waals surface area contributed by atoms with Crippen LogP contribution in [0, 0.1) is 0 Å². The van der Waals surface area contributed by atoms with Crippen LogP contribution in [0.3, 0.4) is 0 Å². The Hall–Kier alpha value is -2.62. The molecular weight excluding hydrogens is 336 g/mol. The summed E-state index contributed by atoms with van der Waals surface area (Å²) in [6, 6.07) is 19.3. The van der Waals surface area contributed by atoms with E-state index >= 15 is 0 Å². The number of piperidine rings is 1. The number of hydrogen-bond acceptors (Lipinski definition) is 2. The minimum Gasteiger partial charge on any atom is -0.353 e. The molecule has 1 aliphatic rings. The molecule has 2 unspecified atom stereocenters. The smallest absolute Gasteiger partial charge is 0.247 e. The second-order valence-corrected chi connectivity index (χ2v) is 7.12. The number of carbonyl (C=O) groups excluding carboxylic acids is 2.